The molecule has 0 aliphatic rings. The van der Waals surface area contributed by atoms with Crippen molar-refractivity contribution in [2.24, 2.45) is 0 Å². The number of benzene rings is 3. The normalized spacial score (nSPS) is 12.1. The summed E-state index contributed by atoms with van der Waals surface area (Å²) < 4.78 is 1.27. The Morgan fingerprint density at radius 1 is 0.909 bits per heavy atom. The Morgan fingerprint density at radius 3 is 2.30 bits per heavy atom. The molecule has 6 rings (SSSR count). The van der Waals surface area contributed by atoms with Crippen LogP contribution in [0.25, 0.3) is 42.6 Å². The third-order valence-electron chi connectivity index (χ3n) is 7.87. The number of aromatic nitrogens is 4. The van der Waals surface area contributed by atoms with Crippen molar-refractivity contribution in [2.45, 2.75) is 53.5 Å². The van der Waals surface area contributed by atoms with Crippen LogP contribution >= 0.6 is 22.9 Å². The van der Waals surface area contributed by atoms with Gasteiger partial charge in [0, 0.05) is 16.1 Å². The fourth-order valence-corrected chi connectivity index (χ4v) is 6.52. The number of rotatable bonds is 9. The zero-order chi connectivity index (χ0) is 31.2. The van der Waals surface area contributed by atoms with Crippen molar-refractivity contribution in [2.75, 3.05) is 25.0 Å². The SMILES string of the molecule is CCN(CC)CCCC(C)Nc1nc(-c2cc3ccccc3s2)nc2c(C)cccc12.Cc1cccc2c(=O)[nH]c(Cl)nc12. The predicted octanol–water partition coefficient (Wildman–Crippen LogP) is 8.63. The maximum atomic E-state index is 11.4. The highest BCUT2D eigenvalue weighted by Crippen LogP contribution is 2.34. The summed E-state index contributed by atoms with van der Waals surface area (Å²) in [5, 5.41) is 6.75. The van der Waals surface area contributed by atoms with E-state index in [4.69, 9.17) is 21.6 Å². The molecule has 3 aromatic carbocycles. The van der Waals surface area contributed by atoms with Crippen LogP contribution in [0.1, 0.15) is 44.7 Å². The maximum Gasteiger partial charge on any atom is 0.259 e. The third-order valence-corrected chi connectivity index (χ3v) is 9.16. The summed E-state index contributed by atoms with van der Waals surface area (Å²) in [6.07, 6.45) is 2.30. The van der Waals surface area contributed by atoms with E-state index in [1.165, 1.54) is 22.1 Å². The van der Waals surface area contributed by atoms with Crippen LogP contribution < -0.4 is 10.9 Å². The van der Waals surface area contributed by atoms with E-state index in [0.29, 0.717) is 16.9 Å². The van der Waals surface area contributed by atoms with Crippen molar-refractivity contribution in [1.29, 1.82) is 0 Å². The first-order valence-electron chi connectivity index (χ1n) is 15.2. The van der Waals surface area contributed by atoms with E-state index in [1.807, 2.05) is 19.1 Å². The summed E-state index contributed by atoms with van der Waals surface area (Å²) in [7, 11) is 0. The molecule has 6 aromatic rings. The lowest BCUT2D eigenvalue weighted by atomic mass is 10.1. The highest BCUT2D eigenvalue weighted by atomic mass is 35.5. The zero-order valence-electron chi connectivity index (χ0n) is 25.9. The minimum absolute atomic E-state index is 0.131. The van der Waals surface area contributed by atoms with Crippen LogP contribution in [0, 0.1) is 13.8 Å². The monoisotopic (exact) mass is 626 g/mol. The summed E-state index contributed by atoms with van der Waals surface area (Å²) in [4.78, 5) is 31.4. The van der Waals surface area contributed by atoms with E-state index in [0.717, 1.165) is 59.0 Å². The highest BCUT2D eigenvalue weighted by Gasteiger charge is 2.15. The highest BCUT2D eigenvalue weighted by molar-refractivity contribution is 7.22. The molecule has 1 unspecified atom stereocenters. The molecule has 0 aliphatic carbocycles. The van der Waals surface area contributed by atoms with E-state index in [2.05, 4.69) is 96.4 Å². The van der Waals surface area contributed by atoms with Crippen LogP contribution in [-0.4, -0.2) is 50.5 Å². The Bertz CT molecular complexity index is 1910. The van der Waals surface area contributed by atoms with Gasteiger partial charge in [-0.05, 0) is 106 Å². The molecule has 0 radical (unpaired) electrons. The molecule has 9 heteroatoms. The number of anilines is 1. The van der Waals surface area contributed by atoms with Gasteiger partial charge in [-0.3, -0.25) is 9.78 Å². The second-order valence-corrected chi connectivity index (χ2v) is 12.5. The van der Waals surface area contributed by atoms with Crippen LogP contribution in [0.3, 0.4) is 0 Å². The lowest BCUT2D eigenvalue weighted by Crippen LogP contribution is -2.25. The minimum atomic E-state index is -0.196. The Kier molecular flexibility index (Phi) is 10.3. The van der Waals surface area contributed by atoms with Crippen molar-refractivity contribution < 1.29 is 0 Å². The van der Waals surface area contributed by atoms with Gasteiger partial charge >= 0.3 is 0 Å². The number of nitrogens with one attached hydrogen (secondary N) is 2. The lowest BCUT2D eigenvalue weighted by Gasteiger charge is -2.20. The quantitative estimate of drug-likeness (QED) is 0.156. The average Bonchev–Trinajstić information content (AvgIpc) is 3.45. The Balaban J connectivity index is 0.000000245. The van der Waals surface area contributed by atoms with Crippen LogP contribution in [-0.2, 0) is 0 Å². The largest absolute Gasteiger partial charge is 0.367 e. The molecule has 0 fully saturated rings. The van der Waals surface area contributed by atoms with Gasteiger partial charge in [0.05, 0.1) is 21.3 Å². The molecule has 0 aliphatic heterocycles. The van der Waals surface area contributed by atoms with E-state index in [1.54, 1.807) is 17.4 Å². The van der Waals surface area contributed by atoms with Crippen LogP contribution in [0.4, 0.5) is 5.82 Å². The molecule has 0 spiro atoms. The van der Waals surface area contributed by atoms with Gasteiger partial charge in [-0.15, -0.1) is 11.3 Å². The average molecular weight is 627 g/mol. The van der Waals surface area contributed by atoms with Crippen molar-refractivity contribution in [3.63, 3.8) is 0 Å². The predicted molar refractivity (Wildman–Crippen MR) is 187 cm³/mol. The van der Waals surface area contributed by atoms with Gasteiger partial charge in [0.2, 0.25) is 5.28 Å². The van der Waals surface area contributed by atoms with E-state index >= 15 is 0 Å². The van der Waals surface area contributed by atoms with Crippen molar-refractivity contribution in [1.82, 2.24) is 24.8 Å². The van der Waals surface area contributed by atoms with Gasteiger partial charge in [-0.2, -0.15) is 0 Å². The van der Waals surface area contributed by atoms with Gasteiger partial charge in [0.15, 0.2) is 5.82 Å². The molecular formula is C35H39ClN6OS. The topological polar surface area (TPSA) is 86.8 Å². The molecule has 3 heterocycles. The fraction of sp³-hybridized carbons (Fsp3) is 0.314. The van der Waals surface area contributed by atoms with E-state index in [9.17, 15) is 4.79 Å². The van der Waals surface area contributed by atoms with Crippen LogP contribution in [0.5, 0.6) is 0 Å². The van der Waals surface area contributed by atoms with Crippen molar-refractivity contribution in [3.05, 3.63) is 93.5 Å². The van der Waals surface area contributed by atoms with Gasteiger partial charge in [0.1, 0.15) is 5.82 Å². The van der Waals surface area contributed by atoms with Gasteiger partial charge in [0.25, 0.3) is 5.56 Å². The minimum Gasteiger partial charge on any atom is -0.367 e. The van der Waals surface area contributed by atoms with Gasteiger partial charge < -0.3 is 10.2 Å². The van der Waals surface area contributed by atoms with Crippen LogP contribution in [0.2, 0.25) is 5.28 Å². The van der Waals surface area contributed by atoms with Gasteiger partial charge in [-0.1, -0.05) is 56.3 Å². The van der Waals surface area contributed by atoms with Crippen LogP contribution in [0.15, 0.2) is 71.5 Å². The summed E-state index contributed by atoms with van der Waals surface area (Å²) in [5.41, 5.74) is 3.63. The number of nitrogens with zero attached hydrogens (tertiary/aromatic N) is 4. The molecule has 44 heavy (non-hydrogen) atoms. The third kappa shape index (κ3) is 7.26. The first kappa shape index (κ1) is 31.6. The second kappa shape index (κ2) is 14.3. The van der Waals surface area contributed by atoms with Crippen molar-refractivity contribution in [3.8, 4) is 10.7 Å². The number of hydrogen-bond acceptors (Lipinski definition) is 7. The Morgan fingerprint density at radius 2 is 1.59 bits per heavy atom. The zero-order valence-corrected chi connectivity index (χ0v) is 27.5. The van der Waals surface area contributed by atoms with Crippen molar-refractivity contribution >= 4 is 60.6 Å². The molecular weight excluding hydrogens is 588 g/mol. The first-order valence-corrected chi connectivity index (χ1v) is 16.4. The molecule has 2 N–H and O–H groups in total. The summed E-state index contributed by atoms with van der Waals surface area (Å²) in [6.45, 7) is 14.1. The molecule has 0 bridgehead atoms. The molecule has 3 aromatic heterocycles. The molecule has 228 valence electrons. The molecule has 0 amide bonds. The van der Waals surface area contributed by atoms with E-state index < -0.39 is 0 Å². The maximum absolute atomic E-state index is 11.4. The standard InChI is InChI=1S/C26H32N4S.C9H7ClN2O/c1-5-30(6-2)16-10-12-19(4)27-25-21-14-9-11-18(3)24(21)28-26(29-25)23-17-20-13-7-8-15-22(20)31-23;1-5-3-2-4-6-7(5)11-9(10)12-8(6)13/h7-9,11,13-15,17,19H,5-6,10,12,16H2,1-4H3,(H,27,28,29);2-4H,1H3,(H,11,12,13). The first-order chi connectivity index (χ1) is 21.3. The number of thiophene rings is 1. The molecule has 1 atom stereocenters. The number of halogens is 1. The smallest absolute Gasteiger partial charge is 0.259 e. The number of hydrogen-bond donors (Lipinski definition) is 2. The number of fused-ring (bicyclic) bond motifs is 3. The van der Waals surface area contributed by atoms with Gasteiger partial charge in [-0.25, -0.2) is 15.0 Å². The summed E-state index contributed by atoms with van der Waals surface area (Å²) in [5.74, 6) is 1.75. The molecule has 0 saturated carbocycles. The number of aromatic amines is 1. The fourth-order valence-electron chi connectivity index (χ4n) is 5.35. The summed E-state index contributed by atoms with van der Waals surface area (Å²) >= 11 is 7.39. The van der Waals surface area contributed by atoms with E-state index in [-0.39, 0.29) is 10.8 Å². The molecule has 7 nitrogen and oxygen atoms in total. The Labute approximate surface area is 267 Å². The Hall–Kier alpha value is -3.85. The number of H-pyrrole nitrogens is 1. The number of aryl methyl sites for hydroxylation is 2. The second-order valence-electron chi connectivity index (χ2n) is 11.1. The number of para-hydroxylation sites is 2. The summed E-state index contributed by atoms with van der Waals surface area (Å²) in [6, 6.07) is 22.8. The lowest BCUT2D eigenvalue weighted by molar-refractivity contribution is 0.295. The molecule has 0 saturated heterocycles.